The predicted octanol–water partition coefficient (Wildman–Crippen LogP) is 0.677. The zero-order valence-corrected chi connectivity index (χ0v) is 9.61. The molecule has 0 spiro atoms. The van der Waals surface area contributed by atoms with Crippen molar-refractivity contribution in [3.05, 3.63) is 22.9 Å². The lowest BCUT2D eigenvalue weighted by molar-refractivity contribution is -0.682. The van der Waals surface area contributed by atoms with E-state index < -0.39 is 0 Å². The van der Waals surface area contributed by atoms with Gasteiger partial charge in [0.2, 0.25) is 12.4 Å². The largest absolute Gasteiger partial charge is 0.858 e. The van der Waals surface area contributed by atoms with Crippen LogP contribution in [0, 0.1) is 0 Å². The van der Waals surface area contributed by atoms with Crippen molar-refractivity contribution in [1.29, 1.82) is 0 Å². The van der Waals surface area contributed by atoms with Gasteiger partial charge in [0.1, 0.15) is 0 Å². The van der Waals surface area contributed by atoms with Gasteiger partial charge in [0.25, 0.3) is 0 Å². The van der Waals surface area contributed by atoms with Crippen LogP contribution in [-0.2, 0) is 0 Å². The van der Waals surface area contributed by atoms with E-state index in [0.717, 1.165) is 4.47 Å². The third-order valence-electron chi connectivity index (χ3n) is 1.36. The van der Waals surface area contributed by atoms with Crippen molar-refractivity contribution < 1.29 is 14.5 Å². The van der Waals surface area contributed by atoms with Gasteiger partial charge in [-0.05, 0) is 34.9 Å². The molecule has 0 bridgehead atoms. The summed E-state index contributed by atoms with van der Waals surface area (Å²) in [7, 11) is 0. The van der Waals surface area contributed by atoms with Gasteiger partial charge in [0.15, 0.2) is 5.75 Å². The topological polar surface area (TPSA) is 48.5 Å². The van der Waals surface area contributed by atoms with Gasteiger partial charge in [0, 0.05) is 12.0 Å². The summed E-state index contributed by atoms with van der Waals surface area (Å²) in [5, 5.41) is 14.5. The monoisotopic (exact) mass is 258 g/mol. The first-order valence-corrected chi connectivity index (χ1v) is 4.98. The lowest BCUT2D eigenvalue weighted by atomic mass is 10.4. The molecule has 0 radical (unpaired) electrons. The summed E-state index contributed by atoms with van der Waals surface area (Å²) in [6, 6.07) is 1.82. The van der Waals surface area contributed by atoms with Crippen molar-refractivity contribution in [2.45, 2.75) is 13.8 Å². The Kier molecular flexibility index (Phi) is 3.88. The van der Waals surface area contributed by atoms with Crippen molar-refractivity contribution in [3.63, 3.8) is 0 Å². The molecule has 0 aromatic carbocycles. The number of ether oxygens (including phenoxy) is 1. The summed E-state index contributed by atoms with van der Waals surface area (Å²) < 4.78 is 7.53. The van der Waals surface area contributed by atoms with E-state index in [1.54, 1.807) is 12.4 Å². The Bertz CT molecular complexity index is 349. The van der Waals surface area contributed by atoms with Crippen molar-refractivity contribution in [3.8, 4) is 5.75 Å². The molecule has 0 fully saturated rings. The Morgan fingerprint density at radius 2 is 2.36 bits per heavy atom. The molecule has 1 aromatic heterocycles. The second-order valence-corrected chi connectivity index (χ2v) is 3.54. The highest BCUT2D eigenvalue weighted by Crippen LogP contribution is 2.14. The van der Waals surface area contributed by atoms with Crippen LogP contribution in [0.5, 0.6) is 5.75 Å². The minimum Gasteiger partial charge on any atom is -0.858 e. The van der Waals surface area contributed by atoms with Crippen LogP contribution in [0.2, 0.25) is 0 Å². The maximum absolute atomic E-state index is 10.7. The minimum atomic E-state index is -0.254. The zero-order valence-electron chi connectivity index (χ0n) is 8.03. The number of aromatic nitrogens is 1. The maximum Gasteiger partial charge on any atom is 0.244 e. The molecule has 0 aliphatic rings. The van der Waals surface area contributed by atoms with Gasteiger partial charge in [-0.3, -0.25) is 0 Å². The predicted molar refractivity (Wildman–Crippen MR) is 54.0 cm³/mol. The van der Waals surface area contributed by atoms with Gasteiger partial charge in [-0.15, -0.1) is 0 Å². The fraction of sp³-hybridized carbons (Fsp3) is 0.333. The van der Waals surface area contributed by atoms with Crippen LogP contribution in [0.1, 0.15) is 13.8 Å². The number of hydrogen-bond donors (Lipinski definition) is 0. The van der Waals surface area contributed by atoms with Crippen LogP contribution in [0.3, 0.4) is 0 Å². The lowest BCUT2D eigenvalue weighted by Gasteiger charge is -2.01. The highest BCUT2D eigenvalue weighted by molar-refractivity contribution is 9.10. The van der Waals surface area contributed by atoms with E-state index in [1.165, 1.54) is 11.6 Å². The number of halogens is 1. The molecule has 0 saturated carbocycles. The van der Waals surface area contributed by atoms with Crippen molar-refractivity contribution in [2.24, 2.45) is 5.10 Å². The molecular weight excluding hydrogens is 248 g/mol. The Morgan fingerprint density at radius 1 is 1.64 bits per heavy atom. The Morgan fingerprint density at radius 3 is 2.93 bits per heavy atom. The van der Waals surface area contributed by atoms with Crippen LogP contribution in [0.25, 0.3) is 0 Å². The minimum absolute atomic E-state index is 0.254. The summed E-state index contributed by atoms with van der Waals surface area (Å²) in [4.78, 5) is 0. The molecule has 0 aliphatic carbocycles. The molecule has 0 unspecified atom stereocenters. The summed E-state index contributed by atoms with van der Waals surface area (Å²) in [5.74, 6) is 0.419. The first-order chi connectivity index (χ1) is 6.61. The molecule has 1 heterocycles. The molecule has 0 N–H and O–H groups in total. The summed E-state index contributed by atoms with van der Waals surface area (Å²) in [6.45, 7) is 3.87. The number of nitrogens with zero attached hydrogens (tertiary/aromatic N) is 2. The van der Waals surface area contributed by atoms with E-state index >= 15 is 0 Å². The van der Waals surface area contributed by atoms with Crippen molar-refractivity contribution in [1.82, 2.24) is 0 Å². The smallest absolute Gasteiger partial charge is 0.244 e. The molecule has 76 valence electrons. The fourth-order valence-corrected chi connectivity index (χ4v) is 1.41. The second kappa shape index (κ2) is 4.95. The van der Waals surface area contributed by atoms with Crippen LogP contribution in [0.4, 0.5) is 0 Å². The molecule has 1 rings (SSSR count). The molecule has 14 heavy (non-hydrogen) atoms. The molecule has 0 atom stereocenters. The fourth-order valence-electron chi connectivity index (χ4n) is 0.970. The van der Waals surface area contributed by atoms with Crippen LogP contribution >= 0.6 is 15.9 Å². The van der Waals surface area contributed by atoms with E-state index in [4.69, 9.17) is 4.74 Å². The van der Waals surface area contributed by atoms with Gasteiger partial charge in [-0.1, -0.05) is 4.68 Å². The van der Waals surface area contributed by atoms with Gasteiger partial charge in [-0.25, -0.2) is 0 Å². The van der Waals surface area contributed by atoms with Crippen LogP contribution in [0.15, 0.2) is 28.0 Å². The molecule has 0 aliphatic heterocycles. The highest BCUT2D eigenvalue weighted by atomic mass is 79.9. The third-order valence-corrected chi connectivity index (χ3v) is 1.80. The van der Waals surface area contributed by atoms with E-state index in [9.17, 15) is 5.11 Å². The Hall–Kier alpha value is -1.10. The molecular formula is C9H11BrN2O2. The summed E-state index contributed by atoms with van der Waals surface area (Å²) >= 11 is 3.30. The first-order valence-electron chi connectivity index (χ1n) is 4.19. The van der Waals surface area contributed by atoms with Gasteiger partial charge < -0.3 is 9.84 Å². The normalized spacial score (nSPS) is 11.5. The molecule has 1 aromatic rings. The molecule has 0 saturated heterocycles. The number of pyridine rings is 1. The summed E-state index contributed by atoms with van der Waals surface area (Å²) in [5.41, 5.74) is 0. The molecule has 0 amide bonds. The van der Waals surface area contributed by atoms with Crippen LogP contribution < -0.4 is 14.5 Å². The quantitative estimate of drug-likeness (QED) is 0.455. The van der Waals surface area contributed by atoms with E-state index in [0.29, 0.717) is 12.4 Å². The van der Waals surface area contributed by atoms with E-state index in [1.807, 2.05) is 13.0 Å². The highest BCUT2D eigenvalue weighted by Gasteiger charge is 2.05. The Balaban J connectivity index is 3.01. The molecule has 5 heteroatoms. The standard InChI is InChI=1S/C9H11BrN2O2/c1-3-14-9-4-8(10)5-12(6-9)11-7(2)13/h4-6H,3H2,1-2H3. The van der Waals surface area contributed by atoms with Gasteiger partial charge >= 0.3 is 0 Å². The number of hydrogen-bond acceptors (Lipinski definition) is 3. The van der Waals surface area contributed by atoms with Gasteiger partial charge in [0.05, 0.1) is 11.1 Å². The SMILES string of the molecule is CCOc1cc(Br)c[n+](/N=C(/C)[O-])c1. The van der Waals surface area contributed by atoms with E-state index in [-0.39, 0.29) is 5.90 Å². The third kappa shape index (κ3) is 3.33. The Labute approximate surface area is 91.0 Å². The first kappa shape index (κ1) is 11.0. The average molecular weight is 259 g/mol. The van der Waals surface area contributed by atoms with Crippen molar-refractivity contribution >= 4 is 21.8 Å². The van der Waals surface area contributed by atoms with Crippen LogP contribution in [-0.4, -0.2) is 12.5 Å². The van der Waals surface area contributed by atoms with Crippen molar-refractivity contribution in [2.75, 3.05) is 6.61 Å². The number of rotatable bonds is 3. The second-order valence-electron chi connectivity index (χ2n) is 2.62. The molecule has 4 nitrogen and oxygen atoms in total. The average Bonchev–Trinajstić information content (AvgIpc) is 2.01. The van der Waals surface area contributed by atoms with E-state index in [2.05, 4.69) is 21.0 Å². The zero-order chi connectivity index (χ0) is 10.6. The lowest BCUT2D eigenvalue weighted by Crippen LogP contribution is -2.31. The van der Waals surface area contributed by atoms with Gasteiger partial charge in [-0.2, -0.15) is 0 Å². The maximum atomic E-state index is 10.7. The summed E-state index contributed by atoms with van der Waals surface area (Å²) in [6.07, 6.45) is 3.33.